The van der Waals surface area contributed by atoms with E-state index >= 15 is 0 Å². The average Bonchev–Trinajstić information content (AvgIpc) is 2.67. The third-order valence-electron chi connectivity index (χ3n) is 2.24. The molecule has 4 heteroatoms. The fourth-order valence-corrected chi connectivity index (χ4v) is 1.28. The third kappa shape index (κ3) is 2.05. The molecule has 1 heterocycles. The molecule has 0 aliphatic heterocycles. The summed E-state index contributed by atoms with van der Waals surface area (Å²) >= 11 is 0. The minimum atomic E-state index is -0.126. The Morgan fingerprint density at radius 1 is 1.12 bits per heavy atom. The molecule has 84 valence electrons. The maximum Gasteiger partial charge on any atom is 0.232 e. The molecule has 0 saturated heterocycles. The minimum absolute atomic E-state index is 0.126. The molecular weight excluding hydrogens is 202 g/mol. The molecule has 0 spiro atoms. The van der Waals surface area contributed by atoms with E-state index in [1.807, 2.05) is 45.0 Å². The Labute approximate surface area is 94.5 Å². The molecule has 0 radical (unpaired) electrons. The van der Waals surface area contributed by atoms with Gasteiger partial charge >= 0.3 is 0 Å². The molecule has 1 aromatic heterocycles. The molecule has 4 nitrogen and oxygen atoms in total. The van der Waals surface area contributed by atoms with Crippen LogP contribution in [0, 0.1) is 0 Å². The Balaban J connectivity index is 2.35. The van der Waals surface area contributed by atoms with Gasteiger partial charge in [0, 0.05) is 16.7 Å². The van der Waals surface area contributed by atoms with Gasteiger partial charge in [0.2, 0.25) is 11.7 Å². The van der Waals surface area contributed by atoms with Gasteiger partial charge in [0.25, 0.3) is 0 Å². The van der Waals surface area contributed by atoms with Crippen LogP contribution < -0.4 is 5.73 Å². The summed E-state index contributed by atoms with van der Waals surface area (Å²) in [4.78, 5) is 4.36. The number of hydrogen-bond acceptors (Lipinski definition) is 4. The highest BCUT2D eigenvalue weighted by Gasteiger charge is 2.21. The van der Waals surface area contributed by atoms with E-state index in [4.69, 9.17) is 10.3 Å². The van der Waals surface area contributed by atoms with Gasteiger partial charge in [-0.3, -0.25) is 0 Å². The molecule has 2 rings (SSSR count). The summed E-state index contributed by atoms with van der Waals surface area (Å²) in [5, 5.41) is 3.96. The minimum Gasteiger partial charge on any atom is -0.399 e. The van der Waals surface area contributed by atoms with E-state index in [1.165, 1.54) is 0 Å². The zero-order valence-corrected chi connectivity index (χ0v) is 9.69. The summed E-state index contributed by atoms with van der Waals surface area (Å²) in [5.74, 6) is 1.24. The molecular formula is C12H15N3O. The number of benzene rings is 1. The molecule has 0 aliphatic rings. The van der Waals surface area contributed by atoms with Gasteiger partial charge in [-0.1, -0.05) is 25.9 Å². The molecule has 2 aromatic rings. The zero-order chi connectivity index (χ0) is 11.8. The molecule has 2 N–H and O–H groups in total. The molecule has 0 saturated carbocycles. The second-order valence-corrected chi connectivity index (χ2v) is 4.80. The molecule has 0 aliphatic carbocycles. The first-order valence-corrected chi connectivity index (χ1v) is 5.17. The molecule has 0 fully saturated rings. The van der Waals surface area contributed by atoms with E-state index in [0.29, 0.717) is 11.7 Å². The van der Waals surface area contributed by atoms with Crippen LogP contribution in [0.5, 0.6) is 0 Å². The van der Waals surface area contributed by atoms with Crippen LogP contribution in [0.25, 0.3) is 11.4 Å². The Morgan fingerprint density at radius 2 is 1.75 bits per heavy atom. The smallest absolute Gasteiger partial charge is 0.232 e. The van der Waals surface area contributed by atoms with Crippen molar-refractivity contribution in [1.29, 1.82) is 0 Å². The van der Waals surface area contributed by atoms with Crippen molar-refractivity contribution >= 4 is 5.69 Å². The number of hydrogen-bond donors (Lipinski definition) is 1. The predicted octanol–water partition coefficient (Wildman–Crippen LogP) is 2.62. The number of aromatic nitrogens is 2. The van der Waals surface area contributed by atoms with Crippen LogP contribution in [-0.2, 0) is 5.41 Å². The first kappa shape index (κ1) is 10.7. The number of nitrogens with zero attached hydrogens (tertiary/aromatic N) is 2. The molecule has 0 amide bonds. The molecule has 0 bridgehead atoms. The van der Waals surface area contributed by atoms with Crippen LogP contribution in [0.3, 0.4) is 0 Å². The van der Waals surface area contributed by atoms with Crippen molar-refractivity contribution in [2.75, 3.05) is 5.73 Å². The van der Waals surface area contributed by atoms with Crippen molar-refractivity contribution in [2.45, 2.75) is 26.2 Å². The van der Waals surface area contributed by atoms with Crippen LogP contribution in [0.15, 0.2) is 28.8 Å². The van der Waals surface area contributed by atoms with Crippen molar-refractivity contribution < 1.29 is 4.52 Å². The monoisotopic (exact) mass is 217 g/mol. The number of anilines is 1. The summed E-state index contributed by atoms with van der Waals surface area (Å²) in [6, 6.07) is 7.41. The van der Waals surface area contributed by atoms with Gasteiger partial charge in [-0.15, -0.1) is 0 Å². The van der Waals surface area contributed by atoms with Gasteiger partial charge in [0.15, 0.2) is 0 Å². The van der Waals surface area contributed by atoms with Gasteiger partial charge in [-0.05, 0) is 24.3 Å². The Bertz CT molecular complexity index is 480. The summed E-state index contributed by atoms with van der Waals surface area (Å²) in [6.07, 6.45) is 0. The molecule has 1 aromatic carbocycles. The first-order valence-electron chi connectivity index (χ1n) is 5.17. The second kappa shape index (κ2) is 3.63. The van der Waals surface area contributed by atoms with Crippen LogP contribution in [0.4, 0.5) is 5.69 Å². The predicted molar refractivity (Wildman–Crippen MR) is 62.8 cm³/mol. The van der Waals surface area contributed by atoms with Crippen molar-refractivity contribution in [2.24, 2.45) is 0 Å². The normalized spacial score (nSPS) is 11.7. The van der Waals surface area contributed by atoms with Crippen LogP contribution in [-0.4, -0.2) is 10.1 Å². The van der Waals surface area contributed by atoms with Crippen molar-refractivity contribution in [3.05, 3.63) is 30.2 Å². The molecule has 0 atom stereocenters. The number of rotatable bonds is 1. The maximum absolute atomic E-state index is 5.61. The van der Waals surface area contributed by atoms with Crippen LogP contribution >= 0.6 is 0 Å². The van der Waals surface area contributed by atoms with Crippen LogP contribution in [0.1, 0.15) is 26.7 Å². The quantitative estimate of drug-likeness (QED) is 0.746. The second-order valence-electron chi connectivity index (χ2n) is 4.80. The lowest BCUT2D eigenvalue weighted by molar-refractivity contribution is 0.321. The summed E-state index contributed by atoms with van der Waals surface area (Å²) in [7, 11) is 0. The highest BCUT2D eigenvalue weighted by molar-refractivity contribution is 5.58. The van der Waals surface area contributed by atoms with Gasteiger partial charge < -0.3 is 10.3 Å². The van der Waals surface area contributed by atoms with E-state index in [-0.39, 0.29) is 5.41 Å². The highest BCUT2D eigenvalue weighted by Crippen LogP contribution is 2.23. The van der Waals surface area contributed by atoms with Crippen LogP contribution in [0.2, 0.25) is 0 Å². The fraction of sp³-hybridized carbons (Fsp3) is 0.333. The molecule has 16 heavy (non-hydrogen) atoms. The lowest BCUT2D eigenvalue weighted by atomic mass is 9.97. The topological polar surface area (TPSA) is 64.9 Å². The Kier molecular flexibility index (Phi) is 2.42. The SMILES string of the molecule is CC(C)(C)c1nc(-c2ccc(N)cc2)no1. The lowest BCUT2D eigenvalue weighted by Gasteiger charge is -2.10. The average molecular weight is 217 g/mol. The highest BCUT2D eigenvalue weighted by atomic mass is 16.5. The van der Waals surface area contributed by atoms with Gasteiger partial charge in [0.05, 0.1) is 0 Å². The number of nitrogen functional groups attached to an aromatic ring is 1. The van der Waals surface area contributed by atoms with E-state index in [0.717, 1.165) is 11.3 Å². The van der Waals surface area contributed by atoms with Crippen molar-refractivity contribution in [1.82, 2.24) is 10.1 Å². The van der Waals surface area contributed by atoms with E-state index in [2.05, 4.69) is 10.1 Å². The third-order valence-corrected chi connectivity index (χ3v) is 2.24. The van der Waals surface area contributed by atoms with E-state index < -0.39 is 0 Å². The Hall–Kier alpha value is -1.84. The summed E-state index contributed by atoms with van der Waals surface area (Å²) in [5.41, 5.74) is 7.12. The zero-order valence-electron chi connectivity index (χ0n) is 9.69. The van der Waals surface area contributed by atoms with Gasteiger partial charge in [0.1, 0.15) is 0 Å². The van der Waals surface area contributed by atoms with Gasteiger partial charge in [-0.2, -0.15) is 4.98 Å². The van der Waals surface area contributed by atoms with Crippen molar-refractivity contribution in [3.63, 3.8) is 0 Å². The lowest BCUT2D eigenvalue weighted by Crippen LogP contribution is -2.11. The van der Waals surface area contributed by atoms with Crippen molar-refractivity contribution in [3.8, 4) is 11.4 Å². The van der Waals surface area contributed by atoms with E-state index in [9.17, 15) is 0 Å². The first-order chi connectivity index (χ1) is 7.47. The molecule has 0 unspecified atom stereocenters. The van der Waals surface area contributed by atoms with E-state index in [1.54, 1.807) is 0 Å². The summed E-state index contributed by atoms with van der Waals surface area (Å²) < 4.78 is 5.22. The largest absolute Gasteiger partial charge is 0.399 e. The number of nitrogens with two attached hydrogens (primary N) is 1. The Morgan fingerprint density at radius 3 is 2.25 bits per heavy atom. The standard InChI is InChI=1S/C12H15N3O/c1-12(2,3)11-14-10(15-16-11)8-4-6-9(13)7-5-8/h4-7H,13H2,1-3H3. The fourth-order valence-electron chi connectivity index (χ4n) is 1.28. The summed E-state index contributed by atoms with van der Waals surface area (Å²) in [6.45, 7) is 6.10. The maximum atomic E-state index is 5.61. The van der Waals surface area contributed by atoms with Gasteiger partial charge in [-0.25, -0.2) is 0 Å².